The lowest BCUT2D eigenvalue weighted by Gasteiger charge is -2.37. The van der Waals surface area contributed by atoms with Crippen LogP contribution in [0.5, 0.6) is 5.75 Å². The van der Waals surface area contributed by atoms with Gasteiger partial charge in [-0.15, -0.1) is 0 Å². The normalized spacial score (nSPS) is 15.8. The molecule has 1 heterocycles. The van der Waals surface area contributed by atoms with Crippen LogP contribution in [0.2, 0.25) is 0 Å². The summed E-state index contributed by atoms with van der Waals surface area (Å²) in [6.07, 6.45) is -0.0520. The lowest BCUT2D eigenvalue weighted by atomic mass is 10.1. The number of ether oxygens (including phenoxy) is 1. The molecule has 0 saturated heterocycles. The van der Waals surface area contributed by atoms with E-state index in [0.717, 1.165) is 24.5 Å². The van der Waals surface area contributed by atoms with Gasteiger partial charge >= 0.3 is 0 Å². The van der Waals surface area contributed by atoms with Crippen LogP contribution in [0.15, 0.2) is 42.5 Å². The predicted molar refractivity (Wildman–Crippen MR) is 107 cm³/mol. The number of benzene rings is 2. The maximum absolute atomic E-state index is 11.4. The van der Waals surface area contributed by atoms with Gasteiger partial charge in [-0.1, -0.05) is 18.2 Å². The van der Waals surface area contributed by atoms with Crippen LogP contribution in [-0.2, 0) is 6.54 Å². The van der Waals surface area contributed by atoms with Crippen LogP contribution in [0.3, 0.4) is 0 Å². The van der Waals surface area contributed by atoms with Gasteiger partial charge in [0.1, 0.15) is 11.9 Å². The third kappa shape index (κ3) is 4.23. The molecule has 0 bridgehead atoms. The highest BCUT2D eigenvalue weighted by molar-refractivity contribution is 5.93. The van der Waals surface area contributed by atoms with Crippen LogP contribution in [0.4, 0.5) is 11.4 Å². The Balaban J connectivity index is 1.72. The summed E-state index contributed by atoms with van der Waals surface area (Å²) in [6.45, 7) is 4.70. The number of nitrogens with zero attached hydrogens (tertiary/aromatic N) is 3. The molecule has 3 rings (SSSR count). The van der Waals surface area contributed by atoms with Crippen LogP contribution in [0.1, 0.15) is 22.8 Å². The molecule has 1 unspecified atom stereocenters. The van der Waals surface area contributed by atoms with Crippen molar-refractivity contribution in [2.75, 3.05) is 31.6 Å². The van der Waals surface area contributed by atoms with Crippen molar-refractivity contribution in [3.05, 3.63) is 63.7 Å². The second kappa shape index (κ2) is 8.26. The number of hydrogen-bond donors (Lipinski definition) is 1. The lowest BCUT2D eigenvalue weighted by Crippen LogP contribution is -2.45. The van der Waals surface area contributed by atoms with E-state index in [1.807, 2.05) is 36.2 Å². The number of nitrogens with two attached hydrogens (primary N) is 1. The Bertz CT molecular complexity index is 886. The Morgan fingerprint density at radius 2 is 2.11 bits per heavy atom. The fourth-order valence-corrected chi connectivity index (χ4v) is 3.50. The standard InChI is InChI=1S/C20H24N4O4/c1-3-23-13-16(28-19-7-5-4-6-17(19)23)12-22(2)11-15-9-8-14(20(21)25)10-18(15)24(26)27/h4-10,16H,3,11-13H2,1-2H3,(H2,21,25). The van der Waals surface area contributed by atoms with E-state index in [1.165, 1.54) is 12.1 Å². The first-order valence-electron chi connectivity index (χ1n) is 9.15. The van der Waals surface area contributed by atoms with E-state index in [0.29, 0.717) is 18.7 Å². The summed E-state index contributed by atoms with van der Waals surface area (Å²) >= 11 is 0. The fourth-order valence-electron chi connectivity index (χ4n) is 3.50. The number of primary amides is 1. The third-order valence-electron chi connectivity index (χ3n) is 4.83. The number of carbonyl (C=O) groups is 1. The SMILES string of the molecule is CCN1CC(CN(C)Cc2ccc(C(N)=O)cc2[N+](=O)[O-])Oc2ccccc21. The van der Waals surface area contributed by atoms with Crippen LogP contribution < -0.4 is 15.4 Å². The monoisotopic (exact) mass is 384 g/mol. The zero-order chi connectivity index (χ0) is 20.3. The van der Waals surface area contributed by atoms with Crippen LogP contribution in [0, 0.1) is 10.1 Å². The number of rotatable bonds is 7. The molecular weight excluding hydrogens is 360 g/mol. The maximum Gasteiger partial charge on any atom is 0.274 e. The van der Waals surface area contributed by atoms with Gasteiger partial charge in [-0.2, -0.15) is 0 Å². The zero-order valence-electron chi connectivity index (χ0n) is 16.0. The minimum absolute atomic E-state index is 0.0520. The molecule has 2 aromatic carbocycles. The molecule has 0 aliphatic carbocycles. The Labute approximate surface area is 163 Å². The first-order chi connectivity index (χ1) is 13.4. The summed E-state index contributed by atoms with van der Waals surface area (Å²) in [7, 11) is 1.89. The Morgan fingerprint density at radius 3 is 2.79 bits per heavy atom. The van der Waals surface area contributed by atoms with Crippen molar-refractivity contribution < 1.29 is 14.5 Å². The van der Waals surface area contributed by atoms with Crippen molar-refractivity contribution >= 4 is 17.3 Å². The minimum Gasteiger partial charge on any atom is -0.485 e. The topological polar surface area (TPSA) is 102 Å². The number of fused-ring (bicyclic) bond motifs is 1. The number of likely N-dealkylation sites (N-methyl/N-ethyl adjacent to an activating group) is 2. The van der Waals surface area contributed by atoms with Gasteiger partial charge < -0.3 is 15.4 Å². The average Bonchev–Trinajstić information content (AvgIpc) is 2.67. The van der Waals surface area contributed by atoms with E-state index < -0.39 is 10.8 Å². The largest absolute Gasteiger partial charge is 0.485 e. The molecule has 0 radical (unpaired) electrons. The smallest absolute Gasteiger partial charge is 0.274 e. The molecule has 0 spiro atoms. The van der Waals surface area contributed by atoms with Gasteiger partial charge in [0, 0.05) is 36.8 Å². The number of amides is 1. The molecular formula is C20H24N4O4. The van der Waals surface area contributed by atoms with Gasteiger partial charge in [0.25, 0.3) is 5.69 Å². The van der Waals surface area contributed by atoms with Crippen molar-refractivity contribution in [1.29, 1.82) is 0 Å². The highest BCUT2D eigenvalue weighted by Crippen LogP contribution is 2.33. The number of anilines is 1. The van der Waals surface area contributed by atoms with Crippen molar-refractivity contribution in [3.8, 4) is 5.75 Å². The lowest BCUT2D eigenvalue weighted by molar-refractivity contribution is -0.385. The van der Waals surface area contributed by atoms with Gasteiger partial charge in [0.15, 0.2) is 0 Å². The molecule has 1 atom stereocenters. The van der Waals surface area contributed by atoms with Crippen LogP contribution in [-0.4, -0.2) is 48.5 Å². The second-order valence-corrected chi connectivity index (χ2v) is 6.91. The second-order valence-electron chi connectivity index (χ2n) is 6.91. The van der Waals surface area contributed by atoms with Gasteiger partial charge in [0.2, 0.25) is 5.91 Å². The van der Waals surface area contributed by atoms with E-state index in [4.69, 9.17) is 10.5 Å². The Morgan fingerprint density at radius 1 is 1.36 bits per heavy atom. The summed E-state index contributed by atoms with van der Waals surface area (Å²) in [5, 5.41) is 11.4. The van der Waals surface area contributed by atoms with E-state index in [9.17, 15) is 14.9 Å². The first kappa shape index (κ1) is 19.6. The number of carbonyl (C=O) groups excluding carboxylic acids is 1. The van der Waals surface area contributed by atoms with Crippen molar-refractivity contribution in [3.63, 3.8) is 0 Å². The molecule has 1 aliphatic heterocycles. The van der Waals surface area contributed by atoms with Gasteiger partial charge in [-0.05, 0) is 32.2 Å². The average molecular weight is 384 g/mol. The van der Waals surface area contributed by atoms with Crippen LogP contribution in [0.25, 0.3) is 0 Å². The molecule has 2 aromatic rings. The summed E-state index contributed by atoms with van der Waals surface area (Å²) in [5.74, 6) is 0.169. The van der Waals surface area contributed by atoms with Gasteiger partial charge in [-0.3, -0.25) is 19.8 Å². The Hall–Kier alpha value is -3.13. The molecule has 1 amide bonds. The number of hydrogen-bond acceptors (Lipinski definition) is 6. The summed E-state index contributed by atoms with van der Waals surface area (Å²) < 4.78 is 6.12. The minimum atomic E-state index is -0.683. The molecule has 8 heteroatoms. The zero-order valence-corrected chi connectivity index (χ0v) is 16.0. The van der Waals surface area contributed by atoms with E-state index in [1.54, 1.807) is 6.07 Å². The molecule has 8 nitrogen and oxygen atoms in total. The quantitative estimate of drug-likeness (QED) is 0.581. The predicted octanol–water partition coefficient (Wildman–Crippen LogP) is 2.41. The maximum atomic E-state index is 11.4. The van der Waals surface area contributed by atoms with Crippen molar-refractivity contribution in [2.45, 2.75) is 19.6 Å². The molecule has 148 valence electrons. The number of nitro benzene ring substituents is 1. The first-order valence-corrected chi connectivity index (χ1v) is 9.15. The molecule has 1 aliphatic rings. The van der Waals surface area contributed by atoms with Crippen LogP contribution >= 0.6 is 0 Å². The molecule has 0 fully saturated rings. The summed E-state index contributed by atoms with van der Waals surface area (Å²) in [6, 6.07) is 12.3. The Kier molecular flexibility index (Phi) is 5.79. The van der Waals surface area contributed by atoms with Gasteiger partial charge in [0.05, 0.1) is 17.2 Å². The highest BCUT2D eigenvalue weighted by Gasteiger charge is 2.26. The number of para-hydroxylation sites is 2. The van der Waals surface area contributed by atoms with E-state index in [-0.39, 0.29) is 17.4 Å². The number of nitro groups is 1. The molecule has 28 heavy (non-hydrogen) atoms. The fraction of sp³-hybridized carbons (Fsp3) is 0.350. The molecule has 0 aromatic heterocycles. The highest BCUT2D eigenvalue weighted by atomic mass is 16.6. The molecule has 0 saturated carbocycles. The van der Waals surface area contributed by atoms with Gasteiger partial charge in [-0.25, -0.2) is 0 Å². The summed E-state index contributed by atoms with van der Waals surface area (Å²) in [5.41, 5.74) is 6.87. The van der Waals surface area contributed by atoms with E-state index >= 15 is 0 Å². The third-order valence-corrected chi connectivity index (χ3v) is 4.83. The van der Waals surface area contributed by atoms with E-state index in [2.05, 4.69) is 11.8 Å². The van der Waals surface area contributed by atoms with Crippen molar-refractivity contribution in [1.82, 2.24) is 4.90 Å². The van der Waals surface area contributed by atoms with Crippen molar-refractivity contribution in [2.24, 2.45) is 5.73 Å². The molecule has 2 N–H and O–H groups in total. The summed E-state index contributed by atoms with van der Waals surface area (Å²) in [4.78, 5) is 26.5.